The zero-order valence-electron chi connectivity index (χ0n) is 9.92. The van der Waals surface area contributed by atoms with Crippen LogP contribution in [0.1, 0.15) is 22.8 Å². The first-order chi connectivity index (χ1) is 8.91. The van der Waals surface area contributed by atoms with Gasteiger partial charge >= 0.3 is 0 Å². The van der Waals surface area contributed by atoms with Crippen molar-refractivity contribution in [2.24, 2.45) is 0 Å². The van der Waals surface area contributed by atoms with Gasteiger partial charge in [-0.25, -0.2) is 8.78 Å². The summed E-state index contributed by atoms with van der Waals surface area (Å²) in [6.07, 6.45) is -1.33. The summed E-state index contributed by atoms with van der Waals surface area (Å²) in [6.45, 7) is 1.54. The Morgan fingerprint density at radius 2 is 1.89 bits per heavy atom. The molecule has 2 aromatic carbocycles. The van der Waals surface area contributed by atoms with Crippen molar-refractivity contribution in [3.05, 3.63) is 66.7 Å². The van der Waals surface area contributed by atoms with Crippen molar-refractivity contribution >= 4 is 38.5 Å². The van der Waals surface area contributed by atoms with E-state index in [1.54, 1.807) is 18.2 Å². The molecule has 0 aliphatic carbocycles. The number of rotatable bonds is 2. The van der Waals surface area contributed by atoms with Crippen molar-refractivity contribution in [2.75, 3.05) is 0 Å². The van der Waals surface area contributed by atoms with E-state index in [1.165, 1.54) is 19.1 Å². The Bertz CT molecular complexity index is 631. The second-order valence-corrected chi connectivity index (χ2v) is 6.24. The number of hydrogen-bond acceptors (Lipinski definition) is 1. The number of aryl methyl sites for hydroxylation is 1. The van der Waals surface area contributed by atoms with Crippen LogP contribution in [0.15, 0.2) is 34.8 Å². The summed E-state index contributed by atoms with van der Waals surface area (Å²) in [5.41, 5.74) is 0.467. The Morgan fingerprint density at radius 3 is 2.58 bits per heavy atom. The maximum absolute atomic E-state index is 14.0. The molecule has 5 heteroatoms. The van der Waals surface area contributed by atoms with Crippen LogP contribution in [0.25, 0.3) is 0 Å². The summed E-state index contributed by atoms with van der Waals surface area (Å²) in [7, 11) is 0. The predicted octanol–water partition coefficient (Wildman–Crippen LogP) is 4.72. The Labute approximate surface area is 131 Å². The van der Waals surface area contributed by atoms with E-state index in [0.29, 0.717) is 11.1 Å². The molecule has 19 heavy (non-hydrogen) atoms. The van der Waals surface area contributed by atoms with Crippen molar-refractivity contribution < 1.29 is 13.9 Å². The van der Waals surface area contributed by atoms with Crippen LogP contribution in [0.5, 0.6) is 0 Å². The first-order valence-electron chi connectivity index (χ1n) is 5.49. The highest BCUT2D eigenvalue weighted by atomic mass is 127. The van der Waals surface area contributed by atoms with Gasteiger partial charge in [0.05, 0.1) is 5.56 Å². The van der Waals surface area contributed by atoms with Crippen LogP contribution in [0.2, 0.25) is 0 Å². The first-order valence-corrected chi connectivity index (χ1v) is 7.36. The molecule has 1 nitrogen and oxygen atoms in total. The molecule has 1 unspecified atom stereocenters. The zero-order chi connectivity index (χ0) is 14.2. The van der Waals surface area contributed by atoms with Gasteiger partial charge in [0, 0.05) is 8.04 Å². The Morgan fingerprint density at radius 1 is 1.21 bits per heavy atom. The van der Waals surface area contributed by atoms with Crippen LogP contribution in [-0.2, 0) is 0 Å². The second kappa shape index (κ2) is 5.85. The quantitative estimate of drug-likeness (QED) is 0.672. The van der Waals surface area contributed by atoms with Crippen LogP contribution in [0.3, 0.4) is 0 Å². The molecular formula is C14H10BrF2IO. The molecule has 0 saturated carbocycles. The van der Waals surface area contributed by atoms with Crippen LogP contribution in [0, 0.1) is 22.1 Å². The lowest BCUT2D eigenvalue weighted by atomic mass is 9.98. The molecule has 0 heterocycles. The van der Waals surface area contributed by atoms with Crippen molar-refractivity contribution in [3.63, 3.8) is 0 Å². The largest absolute Gasteiger partial charge is 0.383 e. The van der Waals surface area contributed by atoms with Crippen molar-refractivity contribution in [3.8, 4) is 0 Å². The standard InChI is InChI=1S/C14H10BrF2IO/c1-7-2-4-10(16)12(13(7)17)14(19)9-6-8(15)3-5-11(9)18/h2-6,14,19H,1H3. The minimum atomic E-state index is -1.33. The molecule has 0 amide bonds. The molecule has 100 valence electrons. The van der Waals surface area contributed by atoms with E-state index >= 15 is 0 Å². The van der Waals surface area contributed by atoms with E-state index < -0.39 is 17.7 Å². The van der Waals surface area contributed by atoms with Gasteiger partial charge in [0.25, 0.3) is 0 Å². The van der Waals surface area contributed by atoms with Crippen molar-refractivity contribution in [1.82, 2.24) is 0 Å². The summed E-state index contributed by atoms with van der Waals surface area (Å²) in [5, 5.41) is 10.3. The normalized spacial score (nSPS) is 12.5. The lowest BCUT2D eigenvalue weighted by Crippen LogP contribution is -2.08. The third-order valence-corrected chi connectivity index (χ3v) is 4.32. The molecule has 0 fully saturated rings. The SMILES string of the molecule is Cc1ccc(F)c(C(O)c2cc(Br)ccc2I)c1F. The highest BCUT2D eigenvalue weighted by Gasteiger charge is 2.22. The van der Waals surface area contributed by atoms with E-state index in [-0.39, 0.29) is 5.56 Å². The second-order valence-electron chi connectivity index (χ2n) is 4.16. The van der Waals surface area contributed by atoms with Crippen LogP contribution >= 0.6 is 38.5 Å². The molecule has 0 aliphatic heterocycles. The lowest BCUT2D eigenvalue weighted by Gasteiger charge is -2.16. The average molecular weight is 439 g/mol. The number of halogens is 4. The van der Waals surface area contributed by atoms with Gasteiger partial charge in [-0.2, -0.15) is 0 Å². The molecule has 1 N–H and O–H groups in total. The molecular weight excluding hydrogens is 429 g/mol. The fourth-order valence-electron chi connectivity index (χ4n) is 1.81. The summed E-state index contributed by atoms with van der Waals surface area (Å²) < 4.78 is 29.3. The predicted molar refractivity (Wildman–Crippen MR) is 82.0 cm³/mol. The van der Waals surface area contributed by atoms with E-state index in [2.05, 4.69) is 15.9 Å². The first kappa shape index (κ1) is 14.9. The highest BCUT2D eigenvalue weighted by Crippen LogP contribution is 2.32. The van der Waals surface area contributed by atoms with E-state index in [4.69, 9.17) is 0 Å². The van der Waals surface area contributed by atoms with Crippen molar-refractivity contribution in [1.29, 1.82) is 0 Å². The Hall–Kier alpha value is -0.530. The van der Waals surface area contributed by atoms with Gasteiger partial charge < -0.3 is 5.11 Å². The number of hydrogen-bond donors (Lipinski definition) is 1. The summed E-state index contributed by atoms with van der Waals surface area (Å²) in [6, 6.07) is 7.76. The minimum Gasteiger partial charge on any atom is -0.383 e. The van der Waals surface area contributed by atoms with Gasteiger partial charge in [0.15, 0.2) is 0 Å². The Balaban J connectivity index is 2.59. The van der Waals surface area contributed by atoms with E-state index in [1.807, 2.05) is 22.6 Å². The maximum Gasteiger partial charge on any atom is 0.135 e. The molecule has 0 aromatic heterocycles. The molecule has 2 rings (SSSR count). The summed E-state index contributed by atoms with van der Waals surface area (Å²) in [5.74, 6) is -1.45. The fourth-order valence-corrected chi connectivity index (χ4v) is 2.82. The summed E-state index contributed by atoms with van der Waals surface area (Å²) in [4.78, 5) is 0. The van der Waals surface area contributed by atoms with Gasteiger partial charge in [-0.05, 0) is 64.9 Å². The highest BCUT2D eigenvalue weighted by molar-refractivity contribution is 14.1. The maximum atomic E-state index is 14.0. The van der Waals surface area contributed by atoms with Crippen molar-refractivity contribution in [2.45, 2.75) is 13.0 Å². The summed E-state index contributed by atoms with van der Waals surface area (Å²) >= 11 is 5.31. The molecule has 0 saturated heterocycles. The fraction of sp³-hybridized carbons (Fsp3) is 0.143. The number of benzene rings is 2. The Kier molecular flexibility index (Phi) is 4.58. The van der Waals surface area contributed by atoms with E-state index in [0.717, 1.165) is 8.04 Å². The monoisotopic (exact) mass is 438 g/mol. The molecule has 0 radical (unpaired) electrons. The minimum absolute atomic E-state index is 0.306. The lowest BCUT2D eigenvalue weighted by molar-refractivity contribution is 0.208. The topological polar surface area (TPSA) is 20.2 Å². The third kappa shape index (κ3) is 2.98. The van der Waals surface area contributed by atoms with Gasteiger partial charge in [-0.15, -0.1) is 0 Å². The smallest absolute Gasteiger partial charge is 0.135 e. The number of aliphatic hydroxyl groups is 1. The molecule has 0 spiro atoms. The van der Waals surface area contributed by atoms with Crippen LogP contribution in [-0.4, -0.2) is 5.11 Å². The molecule has 0 aliphatic rings. The molecule has 2 aromatic rings. The van der Waals surface area contributed by atoms with Gasteiger partial charge in [-0.1, -0.05) is 22.0 Å². The van der Waals surface area contributed by atoms with E-state index in [9.17, 15) is 13.9 Å². The van der Waals surface area contributed by atoms with Gasteiger partial charge in [0.1, 0.15) is 17.7 Å². The average Bonchev–Trinajstić information content (AvgIpc) is 2.37. The van der Waals surface area contributed by atoms with Gasteiger partial charge in [-0.3, -0.25) is 0 Å². The van der Waals surface area contributed by atoms with Crippen LogP contribution < -0.4 is 0 Å². The third-order valence-electron chi connectivity index (χ3n) is 2.85. The van der Waals surface area contributed by atoms with Gasteiger partial charge in [0.2, 0.25) is 0 Å². The zero-order valence-corrected chi connectivity index (χ0v) is 13.7. The number of aliphatic hydroxyl groups excluding tert-OH is 1. The van der Waals surface area contributed by atoms with Crippen LogP contribution in [0.4, 0.5) is 8.78 Å². The molecule has 0 bridgehead atoms. The molecule has 1 atom stereocenters.